The lowest BCUT2D eigenvalue weighted by Gasteiger charge is -2.32. The summed E-state index contributed by atoms with van der Waals surface area (Å²) in [5, 5.41) is 10.2. The van der Waals surface area contributed by atoms with E-state index in [-0.39, 0.29) is 73.8 Å². The van der Waals surface area contributed by atoms with Gasteiger partial charge in [-0.2, -0.15) is 15.2 Å². The van der Waals surface area contributed by atoms with Crippen LogP contribution in [-0.4, -0.2) is 66.9 Å². The quantitative estimate of drug-likeness (QED) is 0.232. The second-order valence-electron chi connectivity index (χ2n) is 13.6. The Morgan fingerprint density at radius 1 is 1.20 bits per heavy atom. The molecule has 3 fully saturated rings. The third kappa shape index (κ3) is 4.57. The molecule has 7 heterocycles. The zero-order chi connectivity index (χ0) is 34.5. The normalized spacial score (nSPS) is 21.9. The smallest absolute Gasteiger partial charge is 0.319 e. The molecule has 0 unspecified atom stereocenters. The van der Waals surface area contributed by atoms with Gasteiger partial charge in [-0.3, -0.25) is 9.69 Å². The third-order valence-electron chi connectivity index (χ3n) is 10.7. The summed E-state index contributed by atoms with van der Waals surface area (Å²) < 4.78 is 56.9. The first-order valence-electron chi connectivity index (χ1n) is 16.7. The fourth-order valence-electron chi connectivity index (χ4n) is 8.22. The van der Waals surface area contributed by atoms with Crippen molar-refractivity contribution in [3.05, 3.63) is 64.0 Å². The fourth-order valence-corrected chi connectivity index (χ4v) is 9.17. The molecule has 3 aliphatic heterocycles. The zero-order valence-corrected chi connectivity index (χ0v) is 27.8. The predicted octanol–water partition coefficient (Wildman–Crippen LogP) is 5.56. The van der Waals surface area contributed by atoms with E-state index in [9.17, 15) is 14.4 Å². The molecule has 9 rings (SSSR count). The van der Waals surface area contributed by atoms with Gasteiger partial charge in [0.1, 0.15) is 52.2 Å². The van der Waals surface area contributed by atoms with Crippen LogP contribution in [0.3, 0.4) is 0 Å². The molecule has 0 amide bonds. The number of benzene rings is 1. The van der Waals surface area contributed by atoms with Gasteiger partial charge < -0.3 is 24.5 Å². The van der Waals surface area contributed by atoms with Crippen LogP contribution in [0.1, 0.15) is 55.2 Å². The van der Waals surface area contributed by atoms with E-state index in [0.717, 1.165) is 42.2 Å². The number of anilines is 2. The summed E-state index contributed by atoms with van der Waals surface area (Å²) in [5.41, 5.74) is 5.82. The van der Waals surface area contributed by atoms with Crippen LogP contribution in [0.4, 0.5) is 24.0 Å². The van der Waals surface area contributed by atoms with Crippen molar-refractivity contribution >= 4 is 49.2 Å². The van der Waals surface area contributed by atoms with Gasteiger partial charge in [-0.15, -0.1) is 11.3 Å². The zero-order valence-electron chi connectivity index (χ0n) is 27.0. The molecule has 1 saturated carbocycles. The molecule has 256 valence electrons. The van der Waals surface area contributed by atoms with Gasteiger partial charge in [0.2, 0.25) is 0 Å². The number of hydrogen-bond acceptors (Lipinski definition) is 10. The van der Waals surface area contributed by atoms with Crippen LogP contribution in [0.15, 0.2) is 29.7 Å². The maximum absolute atomic E-state index is 17.5. The molecule has 11 nitrogen and oxygen atoms in total. The molecule has 0 bridgehead atoms. The first-order chi connectivity index (χ1) is 24.2. The highest BCUT2D eigenvalue weighted by atomic mass is 32.1. The molecule has 1 aromatic carbocycles. The van der Waals surface area contributed by atoms with E-state index >= 15 is 8.78 Å². The number of hydrogen-bond donors (Lipinski definition) is 1. The van der Waals surface area contributed by atoms with Crippen LogP contribution in [0.25, 0.3) is 38.3 Å². The van der Waals surface area contributed by atoms with Crippen molar-refractivity contribution in [2.24, 2.45) is 0 Å². The van der Waals surface area contributed by atoms with E-state index in [1.165, 1.54) is 16.7 Å². The summed E-state index contributed by atoms with van der Waals surface area (Å²) in [6, 6.07) is 4.17. The molecule has 0 radical (unpaired) electrons. The lowest BCUT2D eigenvalue weighted by atomic mass is 9.95. The minimum absolute atomic E-state index is 0.0107. The van der Waals surface area contributed by atoms with Crippen molar-refractivity contribution < 1.29 is 17.9 Å². The Bertz CT molecular complexity index is 2360. The predicted molar refractivity (Wildman–Crippen MR) is 184 cm³/mol. The number of nitrogens with two attached hydrogens (primary N) is 1. The van der Waals surface area contributed by atoms with Crippen molar-refractivity contribution in [2.45, 2.75) is 62.9 Å². The number of imidazole rings is 1. The van der Waals surface area contributed by atoms with Crippen LogP contribution >= 0.6 is 11.3 Å². The van der Waals surface area contributed by atoms with Gasteiger partial charge in [-0.25, -0.2) is 18.2 Å². The number of fused-ring (bicyclic) bond motifs is 4. The number of halogens is 3. The van der Waals surface area contributed by atoms with Crippen LogP contribution in [0.2, 0.25) is 0 Å². The van der Waals surface area contributed by atoms with Crippen molar-refractivity contribution in [1.82, 2.24) is 29.0 Å². The first-order valence-corrected chi connectivity index (χ1v) is 17.5. The van der Waals surface area contributed by atoms with Gasteiger partial charge in [0.15, 0.2) is 5.82 Å². The number of nitrogen functional groups attached to an aromatic ring is 1. The Hall–Kier alpha value is -4.94. The SMILES string of the molecule is C=Cc1cnc2n1CCN(c1nc(OC[C@@]34CCCN3C[C@H](F)C4)nc3c(F)c(-c4ccc(F)c5sc(N)c(C#N)c45)n(C4CC4)c(=O)c13)C2. The van der Waals surface area contributed by atoms with Gasteiger partial charge in [-0.05, 0) is 50.4 Å². The molecule has 0 spiro atoms. The molecule has 15 heteroatoms. The van der Waals surface area contributed by atoms with Gasteiger partial charge in [0, 0.05) is 43.0 Å². The third-order valence-corrected chi connectivity index (χ3v) is 11.7. The maximum Gasteiger partial charge on any atom is 0.319 e. The van der Waals surface area contributed by atoms with Crippen molar-refractivity contribution in [1.29, 1.82) is 5.26 Å². The number of ether oxygens (including phenoxy) is 1. The molecular weight excluding hydrogens is 668 g/mol. The summed E-state index contributed by atoms with van der Waals surface area (Å²) in [6.07, 6.45) is 5.75. The van der Waals surface area contributed by atoms with E-state index in [0.29, 0.717) is 38.9 Å². The number of pyridine rings is 1. The van der Waals surface area contributed by atoms with Gasteiger partial charge in [0.25, 0.3) is 5.56 Å². The lowest BCUT2D eigenvalue weighted by molar-refractivity contribution is 0.107. The molecule has 4 aromatic heterocycles. The molecule has 50 heavy (non-hydrogen) atoms. The average molecular weight is 700 g/mol. The Kier molecular flexibility index (Phi) is 7.02. The van der Waals surface area contributed by atoms with E-state index in [2.05, 4.69) is 21.4 Å². The fraction of sp³-hybridized carbons (Fsp3) is 0.400. The highest BCUT2D eigenvalue weighted by Gasteiger charge is 2.49. The Balaban J connectivity index is 1.26. The Morgan fingerprint density at radius 2 is 2.04 bits per heavy atom. The van der Waals surface area contributed by atoms with Crippen LogP contribution < -0.4 is 20.9 Å². The van der Waals surface area contributed by atoms with Crippen LogP contribution in [-0.2, 0) is 13.1 Å². The van der Waals surface area contributed by atoms with Crippen LogP contribution in [0, 0.1) is 23.0 Å². The average Bonchev–Trinajstić information content (AvgIpc) is 3.43. The lowest BCUT2D eigenvalue weighted by Crippen LogP contribution is -2.43. The first kappa shape index (κ1) is 31.1. The van der Waals surface area contributed by atoms with E-state index in [1.54, 1.807) is 12.3 Å². The van der Waals surface area contributed by atoms with E-state index in [4.69, 9.17) is 15.5 Å². The van der Waals surface area contributed by atoms with Gasteiger partial charge in [-0.1, -0.05) is 6.58 Å². The Labute approximate surface area is 288 Å². The minimum atomic E-state index is -0.970. The molecule has 2 N–H and O–H groups in total. The highest BCUT2D eigenvalue weighted by molar-refractivity contribution is 7.23. The number of aromatic nitrogens is 5. The van der Waals surface area contributed by atoms with E-state index < -0.39 is 28.9 Å². The molecule has 2 saturated heterocycles. The maximum atomic E-state index is 17.5. The number of nitrogens with zero attached hydrogens (tertiary/aromatic N) is 8. The molecule has 5 aromatic rings. The molecular formula is C35H32F3N9O2S. The van der Waals surface area contributed by atoms with E-state index in [1.807, 2.05) is 15.5 Å². The summed E-state index contributed by atoms with van der Waals surface area (Å²) in [4.78, 5) is 32.6. The van der Waals surface area contributed by atoms with Gasteiger partial charge >= 0.3 is 6.01 Å². The summed E-state index contributed by atoms with van der Waals surface area (Å²) >= 11 is 0.903. The van der Waals surface area contributed by atoms with Crippen LogP contribution in [0.5, 0.6) is 6.01 Å². The standard InChI is InChI=1S/C35H32F3N9O2S/c1-2-19-14-41-24-16-44(10-11-46(19)24)32-26-28(42-34(43-32)49-17-35-8-3-9-45(35)15-18(36)12-35)27(38)29(47(33(26)48)20-4-5-20)21-6-7-23(37)30-25(21)22(13-39)31(40)50-30/h2,6-7,14,18,20H,1,3-5,8-12,15-17,40H2/t18-,35+/m1/s1. The molecule has 4 aliphatic rings. The van der Waals surface area contributed by atoms with Crippen molar-refractivity contribution in [3.63, 3.8) is 0 Å². The number of thiophene rings is 1. The number of nitriles is 1. The summed E-state index contributed by atoms with van der Waals surface area (Å²) in [5.74, 6) is -0.483. The van der Waals surface area contributed by atoms with Crippen molar-refractivity contribution in [3.8, 4) is 23.3 Å². The Morgan fingerprint density at radius 3 is 2.82 bits per heavy atom. The largest absolute Gasteiger partial charge is 0.461 e. The number of alkyl halides is 1. The molecule has 1 aliphatic carbocycles. The van der Waals surface area contributed by atoms with Crippen molar-refractivity contribution in [2.75, 3.05) is 36.9 Å². The second kappa shape index (κ2) is 11.3. The topological polar surface area (TPSA) is 131 Å². The number of rotatable bonds is 7. The summed E-state index contributed by atoms with van der Waals surface area (Å²) in [6.45, 7) is 6.32. The highest BCUT2D eigenvalue weighted by Crippen LogP contribution is 2.46. The summed E-state index contributed by atoms with van der Waals surface area (Å²) in [7, 11) is 0. The minimum Gasteiger partial charge on any atom is -0.461 e. The van der Waals surface area contributed by atoms with Gasteiger partial charge in [0.05, 0.1) is 39.9 Å². The molecule has 2 atom stereocenters. The monoisotopic (exact) mass is 699 g/mol. The second-order valence-corrected chi connectivity index (χ2v) is 14.7.